The first kappa shape index (κ1) is 28.0. The molecule has 3 aromatic rings. The summed E-state index contributed by atoms with van der Waals surface area (Å²) in [6.45, 7) is 5.54. The minimum atomic E-state index is -0.637. The molecule has 1 aromatic heterocycles. The van der Waals surface area contributed by atoms with Crippen LogP contribution in [0.4, 0.5) is 4.39 Å². The normalized spacial score (nSPS) is 29.8. The molecule has 2 bridgehead atoms. The van der Waals surface area contributed by atoms with Gasteiger partial charge in [-0.1, -0.05) is 50.5 Å². The molecule has 3 saturated heterocycles. The minimum Gasteiger partial charge on any atom is -0.481 e. The van der Waals surface area contributed by atoms with Crippen LogP contribution < -0.4 is 0 Å². The zero-order valence-electron chi connectivity index (χ0n) is 24.9. The number of imidazole rings is 1. The molecule has 224 valence electrons. The number of likely N-dealkylation sites (tertiary alicyclic amines) is 1. The number of nitrogens with zero attached hydrogens (tertiary/aromatic N) is 4. The van der Waals surface area contributed by atoms with E-state index in [1.54, 1.807) is 6.07 Å². The number of rotatable bonds is 8. The van der Waals surface area contributed by atoms with Crippen LogP contribution in [-0.2, 0) is 11.2 Å². The summed E-state index contributed by atoms with van der Waals surface area (Å²) >= 11 is 0. The monoisotopic (exact) mass is 572 g/mol. The van der Waals surface area contributed by atoms with Crippen molar-refractivity contribution < 1.29 is 14.3 Å². The molecule has 1 N–H and O–H groups in total. The molecule has 0 radical (unpaired) electrons. The van der Waals surface area contributed by atoms with E-state index in [1.165, 1.54) is 30.2 Å². The Bertz CT molecular complexity index is 1420. The Morgan fingerprint density at radius 1 is 1.00 bits per heavy atom. The minimum absolute atomic E-state index is 0.181. The largest absolute Gasteiger partial charge is 0.481 e. The quantitative estimate of drug-likeness (QED) is 0.327. The number of piperidine rings is 1. The van der Waals surface area contributed by atoms with Gasteiger partial charge in [-0.3, -0.25) is 9.69 Å². The van der Waals surface area contributed by atoms with Crippen molar-refractivity contribution in [3.8, 4) is 0 Å². The SMILES string of the molecule is CCc1nc2ccccc2n1[C@H]1C[C@H]2CC[C@@H](C1)N2C[C@H]1CN(CC2(C(=O)O)CCCCC2)C[C@@H]1c1cccc(F)c1. The van der Waals surface area contributed by atoms with Gasteiger partial charge in [0.1, 0.15) is 11.6 Å². The predicted molar refractivity (Wildman–Crippen MR) is 163 cm³/mol. The standard InChI is InChI=1S/C35H45FN4O2/c1-2-33-37-31-11-4-5-12-32(31)40(33)29-18-27-13-14-28(19-29)39(27)21-25-20-38(22-30(25)24-9-8-10-26(36)17-24)23-35(34(41)42)15-6-3-7-16-35/h4-5,8-12,17,25,27-30H,2-3,6-7,13-16,18-23H2,1H3,(H,41,42)/t25-,27-,28+,29+,30-/m1/s1. The number of benzene rings is 2. The van der Waals surface area contributed by atoms with Gasteiger partial charge in [-0.15, -0.1) is 0 Å². The Morgan fingerprint density at radius 2 is 1.76 bits per heavy atom. The second kappa shape index (κ2) is 11.4. The molecule has 2 aromatic carbocycles. The van der Waals surface area contributed by atoms with Gasteiger partial charge in [0.05, 0.1) is 16.4 Å². The lowest BCUT2D eigenvalue weighted by atomic mass is 9.73. The number of fused-ring (bicyclic) bond motifs is 3. The second-order valence-electron chi connectivity index (χ2n) is 13.7. The maximum absolute atomic E-state index is 14.4. The highest BCUT2D eigenvalue weighted by atomic mass is 19.1. The molecule has 0 amide bonds. The molecule has 3 aliphatic heterocycles. The molecule has 7 heteroatoms. The summed E-state index contributed by atoms with van der Waals surface area (Å²) in [6, 6.07) is 17.3. The van der Waals surface area contributed by atoms with Gasteiger partial charge in [0.15, 0.2) is 0 Å². The van der Waals surface area contributed by atoms with Gasteiger partial charge in [-0.25, -0.2) is 9.37 Å². The van der Waals surface area contributed by atoms with Crippen molar-refractivity contribution in [3.63, 3.8) is 0 Å². The Labute approximate surface area is 248 Å². The van der Waals surface area contributed by atoms with Crippen molar-refractivity contribution in [1.82, 2.24) is 19.4 Å². The molecule has 0 unspecified atom stereocenters. The third-order valence-electron chi connectivity index (χ3n) is 11.2. The van der Waals surface area contributed by atoms with E-state index < -0.39 is 11.4 Å². The van der Waals surface area contributed by atoms with Crippen molar-refractivity contribution >= 4 is 17.0 Å². The lowest BCUT2D eigenvalue weighted by Gasteiger charge is -2.42. The van der Waals surface area contributed by atoms with Gasteiger partial charge in [-0.2, -0.15) is 0 Å². The molecule has 4 fully saturated rings. The van der Waals surface area contributed by atoms with Crippen LogP contribution in [0.15, 0.2) is 48.5 Å². The number of aliphatic carboxylic acids is 1. The van der Waals surface area contributed by atoms with Crippen molar-refractivity contribution in [1.29, 1.82) is 0 Å². The van der Waals surface area contributed by atoms with Crippen LogP contribution in [0.2, 0.25) is 0 Å². The number of halogens is 1. The molecule has 6 nitrogen and oxygen atoms in total. The van der Waals surface area contributed by atoms with Crippen molar-refractivity contribution in [2.24, 2.45) is 11.3 Å². The number of carboxylic acid groups (broad SMARTS) is 1. The van der Waals surface area contributed by atoms with Gasteiger partial charge >= 0.3 is 5.97 Å². The van der Waals surface area contributed by atoms with Gasteiger partial charge in [-0.05, 0) is 74.3 Å². The van der Waals surface area contributed by atoms with Gasteiger partial charge in [0.25, 0.3) is 0 Å². The number of aryl methyl sites for hydroxylation is 1. The molecular formula is C35H45FN4O2. The smallest absolute Gasteiger partial charge is 0.310 e. The number of carboxylic acids is 1. The fraction of sp³-hybridized carbons (Fsp3) is 0.600. The van der Waals surface area contributed by atoms with Crippen LogP contribution >= 0.6 is 0 Å². The number of aromatic nitrogens is 2. The number of hydrogen-bond acceptors (Lipinski definition) is 4. The zero-order valence-corrected chi connectivity index (χ0v) is 24.9. The molecule has 0 spiro atoms. The van der Waals surface area contributed by atoms with Crippen molar-refractivity contribution in [2.75, 3.05) is 26.2 Å². The summed E-state index contributed by atoms with van der Waals surface area (Å²) in [5, 5.41) is 10.3. The summed E-state index contributed by atoms with van der Waals surface area (Å²) in [7, 11) is 0. The van der Waals surface area contributed by atoms with Crippen LogP contribution in [0.1, 0.15) is 88.1 Å². The van der Waals surface area contributed by atoms with E-state index in [-0.39, 0.29) is 11.7 Å². The maximum atomic E-state index is 14.4. The van der Waals surface area contributed by atoms with E-state index in [1.807, 2.05) is 6.07 Å². The molecule has 5 atom stereocenters. The summed E-state index contributed by atoms with van der Waals surface area (Å²) in [5.41, 5.74) is 2.79. The molecular weight excluding hydrogens is 527 g/mol. The van der Waals surface area contributed by atoms with Crippen LogP contribution in [-0.4, -0.2) is 68.7 Å². The van der Waals surface area contributed by atoms with Crippen molar-refractivity contribution in [2.45, 2.75) is 95.2 Å². The predicted octanol–water partition coefficient (Wildman–Crippen LogP) is 6.66. The molecule has 1 saturated carbocycles. The Hall–Kier alpha value is -2.77. The van der Waals surface area contributed by atoms with Gasteiger partial charge < -0.3 is 14.6 Å². The van der Waals surface area contributed by atoms with Gasteiger partial charge in [0.2, 0.25) is 0 Å². The second-order valence-corrected chi connectivity index (χ2v) is 13.7. The Balaban J connectivity index is 1.12. The summed E-state index contributed by atoms with van der Waals surface area (Å²) in [4.78, 5) is 22.7. The van der Waals surface area contributed by atoms with E-state index in [9.17, 15) is 14.3 Å². The van der Waals surface area contributed by atoms with Crippen molar-refractivity contribution in [3.05, 3.63) is 65.7 Å². The lowest BCUT2D eigenvalue weighted by molar-refractivity contribution is -0.152. The fourth-order valence-corrected chi connectivity index (χ4v) is 9.26. The highest BCUT2D eigenvalue weighted by Gasteiger charge is 2.47. The number of carbonyl (C=O) groups is 1. The zero-order chi connectivity index (χ0) is 28.8. The molecule has 4 aliphatic rings. The average molecular weight is 573 g/mol. The topological polar surface area (TPSA) is 61.6 Å². The first-order valence-corrected chi connectivity index (χ1v) is 16.4. The maximum Gasteiger partial charge on any atom is 0.310 e. The highest BCUT2D eigenvalue weighted by molar-refractivity contribution is 5.76. The fourth-order valence-electron chi connectivity index (χ4n) is 9.26. The third-order valence-corrected chi connectivity index (χ3v) is 11.2. The van der Waals surface area contributed by atoms with E-state index in [0.29, 0.717) is 30.6 Å². The van der Waals surface area contributed by atoms with Crippen LogP contribution in [0.5, 0.6) is 0 Å². The van der Waals surface area contributed by atoms with E-state index >= 15 is 0 Å². The average Bonchev–Trinajstić information content (AvgIpc) is 3.64. The number of hydrogen-bond donors (Lipinski definition) is 1. The van der Waals surface area contributed by atoms with Crippen LogP contribution in [0.25, 0.3) is 11.0 Å². The lowest BCUT2D eigenvalue weighted by Crippen LogP contribution is -2.47. The molecule has 7 rings (SSSR count). The summed E-state index contributed by atoms with van der Waals surface area (Å²) in [6.07, 6.45) is 10.4. The van der Waals surface area contributed by atoms with E-state index in [2.05, 4.69) is 51.6 Å². The molecule has 42 heavy (non-hydrogen) atoms. The first-order chi connectivity index (χ1) is 20.4. The third kappa shape index (κ3) is 5.06. The van der Waals surface area contributed by atoms with Crippen LogP contribution in [0.3, 0.4) is 0 Å². The van der Waals surface area contributed by atoms with E-state index in [4.69, 9.17) is 4.98 Å². The van der Waals surface area contributed by atoms with E-state index in [0.717, 1.165) is 82.1 Å². The Kier molecular flexibility index (Phi) is 7.60. The van der Waals surface area contributed by atoms with Gasteiger partial charge in [0, 0.05) is 56.6 Å². The Morgan fingerprint density at radius 3 is 2.48 bits per heavy atom. The highest BCUT2D eigenvalue weighted by Crippen LogP contribution is 2.46. The first-order valence-electron chi connectivity index (χ1n) is 16.4. The summed E-state index contributed by atoms with van der Waals surface area (Å²) < 4.78 is 17.0. The van der Waals surface area contributed by atoms with Crippen LogP contribution in [0, 0.1) is 17.2 Å². The summed E-state index contributed by atoms with van der Waals surface area (Å²) in [5.74, 6) is 0.963. The number of para-hydroxylation sites is 2. The molecule has 4 heterocycles. The molecule has 1 aliphatic carbocycles.